The van der Waals surface area contributed by atoms with Gasteiger partial charge in [-0.05, 0) is 48.4 Å². The van der Waals surface area contributed by atoms with Gasteiger partial charge in [0.05, 0.1) is 25.8 Å². The lowest BCUT2D eigenvalue weighted by atomic mass is 9.77. The van der Waals surface area contributed by atoms with Crippen molar-refractivity contribution in [1.82, 2.24) is 29.4 Å². The summed E-state index contributed by atoms with van der Waals surface area (Å²) in [6.45, 7) is 3.65. The van der Waals surface area contributed by atoms with Crippen molar-refractivity contribution in [1.29, 1.82) is 0 Å². The van der Waals surface area contributed by atoms with Gasteiger partial charge in [0.25, 0.3) is 0 Å². The summed E-state index contributed by atoms with van der Waals surface area (Å²) in [5.74, 6) is 2.03. The van der Waals surface area contributed by atoms with E-state index in [1.165, 1.54) is 5.56 Å². The van der Waals surface area contributed by atoms with Crippen molar-refractivity contribution < 1.29 is 9.84 Å². The molecule has 158 valence electrons. The highest BCUT2D eigenvalue weighted by Crippen LogP contribution is 2.41. The van der Waals surface area contributed by atoms with E-state index in [9.17, 15) is 5.11 Å². The molecule has 0 unspecified atom stereocenters. The minimum absolute atomic E-state index is 0.0940. The molecule has 8 heteroatoms. The van der Waals surface area contributed by atoms with Gasteiger partial charge in [-0.2, -0.15) is 10.2 Å². The van der Waals surface area contributed by atoms with Crippen LogP contribution in [0.5, 0.6) is 5.75 Å². The van der Waals surface area contributed by atoms with Gasteiger partial charge in [-0.25, -0.2) is 9.67 Å². The Morgan fingerprint density at radius 2 is 2.00 bits per heavy atom. The molecule has 1 saturated heterocycles. The van der Waals surface area contributed by atoms with Gasteiger partial charge < -0.3 is 9.84 Å². The van der Waals surface area contributed by atoms with E-state index >= 15 is 0 Å². The second-order valence-corrected chi connectivity index (χ2v) is 8.55. The Kier molecular flexibility index (Phi) is 5.26. The molecular weight excluding hydrogens is 380 g/mol. The van der Waals surface area contributed by atoms with Gasteiger partial charge in [-0.3, -0.25) is 9.58 Å². The standard InChI is InChI=1S/C22H28N6O2/c1-30-22-4-3-16(7-19(22)13-27-15-23-14-25-27)10-26-11-17-8-20(28-6-2-5-24-28)21(29)9-18(17)12-26/h2-7,14-15,17-18,20-21,29H,8-13H2,1H3/t17-,18+,20-,21-/m1/s1. The molecule has 0 radical (unpaired) electrons. The molecule has 4 atom stereocenters. The summed E-state index contributed by atoms with van der Waals surface area (Å²) in [4.78, 5) is 6.55. The Hall–Kier alpha value is -2.71. The van der Waals surface area contributed by atoms with Crippen LogP contribution in [0.2, 0.25) is 0 Å². The first kappa shape index (κ1) is 19.3. The monoisotopic (exact) mass is 408 g/mol. The Morgan fingerprint density at radius 1 is 1.13 bits per heavy atom. The number of rotatable bonds is 6. The quantitative estimate of drug-likeness (QED) is 0.672. The molecule has 1 saturated carbocycles. The lowest BCUT2D eigenvalue weighted by Gasteiger charge is -2.35. The third-order valence-corrected chi connectivity index (χ3v) is 6.60. The van der Waals surface area contributed by atoms with E-state index < -0.39 is 0 Å². The maximum Gasteiger partial charge on any atom is 0.137 e. The van der Waals surface area contributed by atoms with Crippen LogP contribution >= 0.6 is 0 Å². The number of ether oxygens (including phenoxy) is 1. The van der Waals surface area contributed by atoms with Gasteiger partial charge in [0.2, 0.25) is 0 Å². The highest BCUT2D eigenvalue weighted by atomic mass is 16.5. The van der Waals surface area contributed by atoms with Crippen LogP contribution in [0.25, 0.3) is 0 Å². The molecule has 1 N–H and O–H groups in total. The lowest BCUT2D eigenvalue weighted by molar-refractivity contribution is 0.0306. The number of likely N-dealkylation sites (tertiary alicyclic amines) is 1. The number of aromatic nitrogens is 5. The van der Waals surface area contributed by atoms with Crippen LogP contribution in [0.15, 0.2) is 49.3 Å². The number of aliphatic hydroxyl groups is 1. The van der Waals surface area contributed by atoms with Crippen LogP contribution in [-0.4, -0.2) is 60.9 Å². The second kappa shape index (κ2) is 8.20. The minimum atomic E-state index is -0.318. The molecule has 0 amide bonds. The molecule has 3 heterocycles. The van der Waals surface area contributed by atoms with Crippen molar-refractivity contribution in [2.45, 2.75) is 38.1 Å². The summed E-state index contributed by atoms with van der Waals surface area (Å²) in [5, 5.41) is 19.3. The van der Waals surface area contributed by atoms with Crippen LogP contribution in [0.3, 0.4) is 0 Å². The SMILES string of the molecule is COc1ccc(CN2C[C@H]3C[C@@H](n4cccn4)[C@H](O)C[C@H]3C2)cc1Cn1cncn1. The van der Waals surface area contributed by atoms with Crippen LogP contribution < -0.4 is 4.74 Å². The van der Waals surface area contributed by atoms with Gasteiger partial charge in [0, 0.05) is 37.6 Å². The zero-order valence-corrected chi connectivity index (χ0v) is 17.2. The topological polar surface area (TPSA) is 81.2 Å². The molecule has 30 heavy (non-hydrogen) atoms. The summed E-state index contributed by atoms with van der Waals surface area (Å²) < 4.78 is 9.29. The van der Waals surface area contributed by atoms with Crippen LogP contribution in [0, 0.1) is 11.8 Å². The Labute approximate surface area is 176 Å². The molecule has 0 bridgehead atoms. The molecule has 0 spiro atoms. The highest BCUT2D eigenvalue weighted by Gasteiger charge is 2.42. The molecule has 8 nitrogen and oxygen atoms in total. The van der Waals surface area contributed by atoms with E-state index in [0.717, 1.165) is 43.8 Å². The number of hydrogen-bond acceptors (Lipinski definition) is 6. The van der Waals surface area contributed by atoms with Crippen molar-refractivity contribution in [2.24, 2.45) is 11.8 Å². The zero-order chi connectivity index (χ0) is 20.5. The lowest BCUT2D eigenvalue weighted by Crippen LogP contribution is -2.36. The average Bonchev–Trinajstić information content (AvgIpc) is 3.49. The van der Waals surface area contributed by atoms with Gasteiger partial charge in [0.1, 0.15) is 18.4 Å². The number of nitrogens with zero attached hydrogens (tertiary/aromatic N) is 6. The molecule has 5 rings (SSSR count). The molecule has 1 aromatic carbocycles. The largest absolute Gasteiger partial charge is 0.496 e. The van der Waals surface area contributed by atoms with Crippen molar-refractivity contribution in [2.75, 3.05) is 20.2 Å². The van der Waals surface area contributed by atoms with Crippen molar-refractivity contribution in [3.63, 3.8) is 0 Å². The second-order valence-electron chi connectivity index (χ2n) is 8.55. The van der Waals surface area contributed by atoms with E-state index in [2.05, 4.69) is 32.2 Å². The van der Waals surface area contributed by atoms with E-state index in [4.69, 9.17) is 4.74 Å². The molecular formula is C22H28N6O2. The molecule has 1 aliphatic carbocycles. The average molecular weight is 409 g/mol. The summed E-state index contributed by atoms with van der Waals surface area (Å²) in [7, 11) is 1.70. The molecule has 2 aromatic heterocycles. The fourth-order valence-corrected chi connectivity index (χ4v) is 5.20. The molecule has 2 aliphatic rings. The van der Waals surface area contributed by atoms with Crippen LogP contribution in [0.1, 0.15) is 30.0 Å². The first-order valence-electron chi connectivity index (χ1n) is 10.6. The number of aliphatic hydroxyl groups excluding tert-OH is 1. The van der Waals surface area contributed by atoms with Gasteiger partial charge in [0.15, 0.2) is 0 Å². The normalized spacial score (nSPS) is 26.6. The van der Waals surface area contributed by atoms with Crippen molar-refractivity contribution in [3.05, 3.63) is 60.4 Å². The number of fused-ring (bicyclic) bond motifs is 1. The number of methoxy groups -OCH3 is 1. The first-order chi connectivity index (χ1) is 14.7. The molecule has 3 aromatic rings. The summed E-state index contributed by atoms with van der Waals surface area (Å²) in [5.41, 5.74) is 2.38. The van der Waals surface area contributed by atoms with Crippen molar-refractivity contribution >= 4 is 0 Å². The van der Waals surface area contributed by atoms with Gasteiger partial charge in [-0.1, -0.05) is 6.07 Å². The van der Waals surface area contributed by atoms with E-state index in [-0.39, 0.29) is 12.1 Å². The predicted molar refractivity (Wildman–Crippen MR) is 111 cm³/mol. The highest BCUT2D eigenvalue weighted by molar-refractivity contribution is 5.37. The van der Waals surface area contributed by atoms with Crippen molar-refractivity contribution in [3.8, 4) is 5.75 Å². The third-order valence-electron chi connectivity index (χ3n) is 6.60. The Morgan fingerprint density at radius 3 is 2.73 bits per heavy atom. The summed E-state index contributed by atoms with van der Waals surface area (Å²) in [6, 6.07) is 8.43. The van der Waals surface area contributed by atoms with E-state index in [0.29, 0.717) is 18.4 Å². The Bertz CT molecular complexity index is 958. The molecule has 2 fully saturated rings. The zero-order valence-electron chi connectivity index (χ0n) is 17.2. The van der Waals surface area contributed by atoms with Gasteiger partial charge in [-0.15, -0.1) is 0 Å². The van der Waals surface area contributed by atoms with E-state index in [1.807, 2.05) is 27.7 Å². The minimum Gasteiger partial charge on any atom is -0.496 e. The number of benzene rings is 1. The smallest absolute Gasteiger partial charge is 0.137 e. The maximum absolute atomic E-state index is 10.7. The number of hydrogen-bond donors (Lipinski definition) is 1. The summed E-state index contributed by atoms with van der Waals surface area (Å²) in [6.07, 6.45) is 8.55. The van der Waals surface area contributed by atoms with Crippen LogP contribution in [-0.2, 0) is 13.1 Å². The fourth-order valence-electron chi connectivity index (χ4n) is 5.20. The Balaban J connectivity index is 1.27. The summed E-state index contributed by atoms with van der Waals surface area (Å²) >= 11 is 0. The maximum atomic E-state index is 10.7. The first-order valence-corrected chi connectivity index (χ1v) is 10.6. The van der Waals surface area contributed by atoms with E-state index in [1.54, 1.807) is 26.0 Å². The predicted octanol–water partition coefficient (Wildman–Crippen LogP) is 1.98. The van der Waals surface area contributed by atoms with Gasteiger partial charge >= 0.3 is 0 Å². The van der Waals surface area contributed by atoms with Crippen LogP contribution in [0.4, 0.5) is 0 Å². The fraction of sp³-hybridized carbons (Fsp3) is 0.500. The molecule has 1 aliphatic heterocycles. The third kappa shape index (κ3) is 3.85.